The number of para-hydroxylation sites is 1. The largest absolute Gasteiger partial charge is 0.480 e. The Balaban J connectivity index is 1.78. The third kappa shape index (κ3) is 5.28. The zero-order valence-corrected chi connectivity index (χ0v) is 14.2. The lowest BCUT2D eigenvalue weighted by Gasteiger charge is -2.10. The molecule has 5 nitrogen and oxygen atoms in total. The van der Waals surface area contributed by atoms with E-state index in [1.54, 1.807) is 24.3 Å². The lowest BCUT2D eigenvalue weighted by Crippen LogP contribution is -2.24. The number of carbonyl (C=O) groups is 2. The number of ether oxygens (including phenoxy) is 2. The predicted molar refractivity (Wildman–Crippen MR) is 92.5 cm³/mol. The van der Waals surface area contributed by atoms with E-state index in [9.17, 15) is 9.59 Å². The van der Waals surface area contributed by atoms with E-state index in [1.807, 2.05) is 32.0 Å². The van der Waals surface area contributed by atoms with Gasteiger partial charge in [0.1, 0.15) is 5.75 Å². The third-order valence-electron chi connectivity index (χ3n) is 3.21. The molecule has 126 valence electrons. The van der Waals surface area contributed by atoms with Crippen LogP contribution in [0.3, 0.4) is 0 Å². The normalized spacial score (nSPS) is 10.1. The van der Waals surface area contributed by atoms with Crippen molar-refractivity contribution in [2.75, 3.05) is 18.5 Å². The molecule has 0 spiro atoms. The summed E-state index contributed by atoms with van der Waals surface area (Å²) in [5.74, 6) is -0.670. The second-order valence-corrected chi connectivity index (χ2v) is 5.65. The molecule has 0 fully saturated rings. The minimum Gasteiger partial charge on any atom is -0.480 e. The van der Waals surface area contributed by atoms with Crippen LogP contribution in [0.1, 0.15) is 11.1 Å². The first-order valence-electron chi connectivity index (χ1n) is 7.36. The Morgan fingerprint density at radius 1 is 1.08 bits per heavy atom. The van der Waals surface area contributed by atoms with Gasteiger partial charge in [0.15, 0.2) is 13.2 Å². The van der Waals surface area contributed by atoms with Crippen LogP contribution >= 0.6 is 11.6 Å². The summed E-state index contributed by atoms with van der Waals surface area (Å²) >= 11 is 5.91. The van der Waals surface area contributed by atoms with Crippen LogP contribution in [0.5, 0.6) is 5.75 Å². The Labute approximate surface area is 145 Å². The Bertz CT molecular complexity index is 746. The molecule has 0 aliphatic heterocycles. The van der Waals surface area contributed by atoms with Gasteiger partial charge in [-0.05, 0) is 43.2 Å². The topological polar surface area (TPSA) is 64.6 Å². The zero-order valence-electron chi connectivity index (χ0n) is 13.5. The average molecular weight is 348 g/mol. The second-order valence-electron chi connectivity index (χ2n) is 5.25. The quantitative estimate of drug-likeness (QED) is 0.812. The number of carbonyl (C=O) groups excluding carboxylic acids is 2. The number of nitrogens with one attached hydrogen (secondary N) is 1. The molecule has 2 aromatic rings. The summed E-state index contributed by atoms with van der Waals surface area (Å²) in [6.45, 7) is 3.12. The number of anilines is 1. The standard InChI is InChI=1S/C18H18ClNO4/c1-12-7-8-13(2)15(9-12)20-17(21)10-24-18(22)11-23-16-6-4-3-5-14(16)19/h3-9H,10-11H2,1-2H3,(H,20,21). The summed E-state index contributed by atoms with van der Waals surface area (Å²) in [7, 11) is 0. The van der Waals surface area contributed by atoms with Crippen molar-refractivity contribution in [3.8, 4) is 5.75 Å². The summed E-state index contributed by atoms with van der Waals surface area (Å²) < 4.78 is 10.1. The maximum absolute atomic E-state index is 11.9. The van der Waals surface area contributed by atoms with Gasteiger partial charge in [-0.25, -0.2) is 4.79 Å². The van der Waals surface area contributed by atoms with Crippen molar-refractivity contribution in [3.63, 3.8) is 0 Å². The summed E-state index contributed by atoms with van der Waals surface area (Å²) in [5, 5.41) is 3.11. The highest BCUT2D eigenvalue weighted by Gasteiger charge is 2.11. The molecule has 0 bridgehead atoms. The van der Waals surface area contributed by atoms with Crippen molar-refractivity contribution < 1.29 is 19.1 Å². The molecule has 6 heteroatoms. The maximum atomic E-state index is 11.9. The number of aryl methyl sites for hydroxylation is 2. The van der Waals surface area contributed by atoms with Gasteiger partial charge in [0.2, 0.25) is 0 Å². The van der Waals surface area contributed by atoms with Crippen LogP contribution in [0.25, 0.3) is 0 Å². The van der Waals surface area contributed by atoms with Crippen LogP contribution in [0.4, 0.5) is 5.69 Å². The van der Waals surface area contributed by atoms with Crippen LogP contribution in [-0.2, 0) is 14.3 Å². The summed E-state index contributed by atoms with van der Waals surface area (Å²) in [6.07, 6.45) is 0. The van der Waals surface area contributed by atoms with Crippen LogP contribution in [0, 0.1) is 13.8 Å². The van der Waals surface area contributed by atoms with E-state index < -0.39 is 11.9 Å². The third-order valence-corrected chi connectivity index (χ3v) is 3.53. The fourth-order valence-corrected chi connectivity index (χ4v) is 2.13. The van der Waals surface area contributed by atoms with E-state index in [0.717, 1.165) is 11.1 Å². The molecule has 1 amide bonds. The Morgan fingerprint density at radius 3 is 2.58 bits per heavy atom. The fraction of sp³-hybridized carbons (Fsp3) is 0.222. The van der Waals surface area contributed by atoms with Crippen molar-refractivity contribution >= 4 is 29.2 Å². The van der Waals surface area contributed by atoms with Gasteiger partial charge in [0, 0.05) is 5.69 Å². The second kappa shape index (κ2) is 8.36. The first kappa shape index (κ1) is 17.8. The van der Waals surface area contributed by atoms with Crippen molar-refractivity contribution in [1.82, 2.24) is 0 Å². The molecule has 0 unspecified atom stereocenters. The van der Waals surface area contributed by atoms with E-state index in [0.29, 0.717) is 16.5 Å². The average Bonchev–Trinajstić information content (AvgIpc) is 2.55. The number of esters is 1. The Kier molecular flexibility index (Phi) is 6.21. The summed E-state index contributed by atoms with van der Waals surface area (Å²) in [5.41, 5.74) is 2.66. The maximum Gasteiger partial charge on any atom is 0.344 e. The molecular formula is C18H18ClNO4. The van der Waals surface area contributed by atoms with Crippen LogP contribution in [-0.4, -0.2) is 25.1 Å². The van der Waals surface area contributed by atoms with Crippen LogP contribution in [0.2, 0.25) is 5.02 Å². The van der Waals surface area contributed by atoms with Gasteiger partial charge in [-0.1, -0.05) is 35.9 Å². The highest BCUT2D eigenvalue weighted by Crippen LogP contribution is 2.22. The molecule has 2 rings (SSSR count). The van der Waals surface area contributed by atoms with Crippen molar-refractivity contribution in [1.29, 1.82) is 0 Å². The van der Waals surface area contributed by atoms with E-state index in [1.165, 1.54) is 0 Å². The first-order valence-corrected chi connectivity index (χ1v) is 7.73. The van der Waals surface area contributed by atoms with Gasteiger partial charge in [-0.2, -0.15) is 0 Å². The van der Waals surface area contributed by atoms with E-state index in [4.69, 9.17) is 21.1 Å². The first-order chi connectivity index (χ1) is 11.5. The molecule has 0 aliphatic carbocycles. The zero-order chi connectivity index (χ0) is 17.5. The fourth-order valence-electron chi connectivity index (χ4n) is 1.94. The smallest absolute Gasteiger partial charge is 0.344 e. The summed E-state index contributed by atoms with van der Waals surface area (Å²) in [4.78, 5) is 23.5. The van der Waals surface area contributed by atoms with Gasteiger partial charge in [0.25, 0.3) is 5.91 Å². The predicted octanol–water partition coefficient (Wildman–Crippen LogP) is 3.52. The number of amides is 1. The highest BCUT2D eigenvalue weighted by atomic mass is 35.5. The molecule has 0 aliphatic rings. The van der Waals surface area contributed by atoms with E-state index >= 15 is 0 Å². The Hall–Kier alpha value is -2.53. The number of halogens is 1. The van der Waals surface area contributed by atoms with Gasteiger partial charge in [-0.3, -0.25) is 4.79 Å². The Morgan fingerprint density at radius 2 is 1.83 bits per heavy atom. The highest BCUT2D eigenvalue weighted by molar-refractivity contribution is 6.32. The molecule has 0 heterocycles. The van der Waals surface area contributed by atoms with Gasteiger partial charge >= 0.3 is 5.97 Å². The number of hydrogen-bond donors (Lipinski definition) is 1. The minimum absolute atomic E-state index is 0.319. The van der Waals surface area contributed by atoms with Gasteiger partial charge < -0.3 is 14.8 Å². The molecule has 0 aromatic heterocycles. The van der Waals surface area contributed by atoms with Gasteiger partial charge in [-0.15, -0.1) is 0 Å². The molecule has 0 atom stereocenters. The minimum atomic E-state index is -0.647. The molecular weight excluding hydrogens is 330 g/mol. The molecule has 24 heavy (non-hydrogen) atoms. The molecule has 1 N–H and O–H groups in total. The number of benzene rings is 2. The molecule has 0 saturated heterocycles. The molecule has 0 saturated carbocycles. The molecule has 2 aromatic carbocycles. The van der Waals surface area contributed by atoms with Crippen LogP contribution in [0.15, 0.2) is 42.5 Å². The molecule has 0 radical (unpaired) electrons. The van der Waals surface area contributed by atoms with Crippen molar-refractivity contribution in [2.24, 2.45) is 0 Å². The summed E-state index contributed by atoms with van der Waals surface area (Å²) in [6, 6.07) is 12.5. The number of rotatable bonds is 6. The van der Waals surface area contributed by atoms with Crippen molar-refractivity contribution in [2.45, 2.75) is 13.8 Å². The van der Waals surface area contributed by atoms with E-state index in [-0.39, 0.29) is 13.2 Å². The van der Waals surface area contributed by atoms with Crippen LogP contribution < -0.4 is 10.1 Å². The van der Waals surface area contributed by atoms with Gasteiger partial charge in [0.05, 0.1) is 5.02 Å². The monoisotopic (exact) mass is 347 g/mol. The van der Waals surface area contributed by atoms with E-state index in [2.05, 4.69) is 5.32 Å². The van der Waals surface area contributed by atoms with Crippen molar-refractivity contribution in [3.05, 3.63) is 58.6 Å². The SMILES string of the molecule is Cc1ccc(C)c(NC(=O)COC(=O)COc2ccccc2Cl)c1. The lowest BCUT2D eigenvalue weighted by molar-refractivity contribution is -0.149. The number of hydrogen-bond acceptors (Lipinski definition) is 4. The lowest BCUT2D eigenvalue weighted by atomic mass is 10.1.